The molecule has 0 saturated carbocycles. The van der Waals surface area contributed by atoms with Crippen LogP contribution in [-0.2, 0) is 25.0 Å². The summed E-state index contributed by atoms with van der Waals surface area (Å²) in [4.78, 5) is 0. The van der Waals surface area contributed by atoms with Crippen LogP contribution in [0.3, 0.4) is 0 Å². The Hall–Kier alpha value is 0.780. The molecule has 0 aliphatic carbocycles. The first-order valence-electron chi connectivity index (χ1n) is 7.66. The normalized spacial score (nSPS) is 12.3. The monoisotopic (exact) mass is 384 g/mol. The summed E-state index contributed by atoms with van der Waals surface area (Å²) >= 11 is 0. The van der Waals surface area contributed by atoms with Gasteiger partial charge in [0, 0.05) is 6.61 Å². The molecule has 136 valence electrons. The predicted molar refractivity (Wildman–Crippen MR) is 86.3 cm³/mol. The van der Waals surface area contributed by atoms with E-state index in [0.717, 1.165) is 19.3 Å². The first-order chi connectivity index (χ1) is 10.1. The Morgan fingerprint density at radius 3 is 1.61 bits per heavy atom. The molecule has 23 heavy (non-hydrogen) atoms. The molecule has 2 N–H and O–H groups in total. The molecule has 0 radical (unpaired) electrons. The zero-order valence-corrected chi connectivity index (χ0v) is 17.7. The third kappa shape index (κ3) is 20.7. The molecule has 0 rings (SSSR count). The predicted octanol–water partition coefficient (Wildman–Crippen LogP) is -0.596. The van der Waals surface area contributed by atoms with Gasteiger partial charge in [-0.1, -0.05) is 51.9 Å². The fourth-order valence-electron chi connectivity index (χ4n) is 2.10. The second-order valence-corrected chi connectivity index (χ2v) is 8.46. The van der Waals surface area contributed by atoms with E-state index in [1.54, 1.807) is 0 Å². The van der Waals surface area contributed by atoms with Gasteiger partial charge in [0.1, 0.15) is 11.5 Å². The van der Waals surface area contributed by atoms with Gasteiger partial charge in [-0.15, -0.1) is 0 Å². The van der Waals surface area contributed by atoms with Crippen LogP contribution in [0.4, 0.5) is 0 Å². The van der Waals surface area contributed by atoms with Crippen molar-refractivity contribution in [3.63, 3.8) is 0 Å². The maximum absolute atomic E-state index is 10.8. The summed E-state index contributed by atoms with van der Waals surface area (Å²) in [5, 5.41) is 0. The van der Waals surface area contributed by atoms with Crippen LogP contribution >= 0.6 is 0 Å². The van der Waals surface area contributed by atoms with Gasteiger partial charge < -0.3 is 6.16 Å². The van der Waals surface area contributed by atoms with Crippen LogP contribution in [0.15, 0.2) is 0 Å². The van der Waals surface area contributed by atoms with Gasteiger partial charge in [-0.3, -0.25) is 9.11 Å². The Morgan fingerprint density at radius 1 is 0.826 bits per heavy atom. The van der Waals surface area contributed by atoms with Gasteiger partial charge in [0.05, 0.1) is 6.10 Å². The third-order valence-corrected chi connectivity index (χ3v) is 4.73. The molecular weight excluding hydrogens is 355 g/mol. The molecule has 0 aliphatic rings. The van der Waals surface area contributed by atoms with Gasteiger partial charge >= 0.3 is 29.6 Å². The average molecular weight is 384 g/mol. The number of unbranched alkanes of at least 4 members (excludes halogenated alkanes) is 7. The van der Waals surface area contributed by atoms with E-state index in [1.807, 2.05) is 0 Å². The Labute approximate surface area is 163 Å². The topological polar surface area (TPSA) is 118 Å². The SMILES string of the molecule is CCCCCCCCCCOC(CS(=O)(=O)O)CS(=O)(=O)O.[H-].[Na+]. The maximum Gasteiger partial charge on any atom is 1.00 e. The van der Waals surface area contributed by atoms with Gasteiger partial charge in [-0.2, -0.15) is 16.8 Å². The summed E-state index contributed by atoms with van der Waals surface area (Å²) in [6, 6.07) is 0. The molecule has 0 aromatic rings. The molecule has 0 atom stereocenters. The van der Waals surface area contributed by atoms with Crippen molar-refractivity contribution in [1.82, 2.24) is 0 Å². The van der Waals surface area contributed by atoms with Crippen LogP contribution in [0.5, 0.6) is 0 Å². The molecule has 0 heterocycles. The van der Waals surface area contributed by atoms with E-state index >= 15 is 0 Å². The van der Waals surface area contributed by atoms with Crippen molar-refractivity contribution in [2.24, 2.45) is 0 Å². The largest absolute Gasteiger partial charge is 1.00 e. The van der Waals surface area contributed by atoms with Crippen LogP contribution < -0.4 is 29.6 Å². The molecule has 0 fully saturated rings. The Bertz CT molecular complexity index is 449. The zero-order valence-electron chi connectivity index (χ0n) is 15.1. The fourth-order valence-corrected chi connectivity index (χ4v) is 3.62. The molecule has 0 aromatic heterocycles. The molecule has 0 aromatic carbocycles. The average Bonchev–Trinajstić information content (AvgIpc) is 2.32. The van der Waals surface area contributed by atoms with E-state index in [9.17, 15) is 16.8 Å². The first-order valence-corrected chi connectivity index (χ1v) is 10.9. The van der Waals surface area contributed by atoms with E-state index in [0.29, 0.717) is 6.42 Å². The molecule has 0 unspecified atom stereocenters. The van der Waals surface area contributed by atoms with Crippen LogP contribution in [0.1, 0.15) is 59.7 Å². The summed E-state index contributed by atoms with van der Waals surface area (Å²) in [6.45, 7) is 2.36. The van der Waals surface area contributed by atoms with Crippen molar-refractivity contribution in [1.29, 1.82) is 0 Å². The van der Waals surface area contributed by atoms with Gasteiger partial charge in [-0.25, -0.2) is 0 Å². The van der Waals surface area contributed by atoms with E-state index in [4.69, 9.17) is 13.8 Å². The van der Waals surface area contributed by atoms with Crippen LogP contribution in [-0.4, -0.2) is 50.2 Å². The molecule has 0 aliphatic heterocycles. The summed E-state index contributed by atoms with van der Waals surface area (Å²) in [5.41, 5.74) is 0. The Kier molecular flexibility index (Phi) is 15.8. The van der Waals surface area contributed by atoms with Gasteiger partial charge in [-0.05, 0) is 6.42 Å². The number of hydrogen-bond donors (Lipinski definition) is 2. The van der Waals surface area contributed by atoms with Crippen molar-refractivity contribution >= 4 is 20.2 Å². The number of ether oxygens (including phenoxy) is 1. The second-order valence-electron chi connectivity index (χ2n) is 5.46. The van der Waals surface area contributed by atoms with Crippen molar-refractivity contribution in [3.05, 3.63) is 0 Å². The minimum Gasteiger partial charge on any atom is -1.00 e. The summed E-state index contributed by atoms with van der Waals surface area (Å²) in [6.07, 6.45) is 7.41. The molecular formula is C13H29NaO7S2. The fraction of sp³-hybridized carbons (Fsp3) is 1.00. The maximum atomic E-state index is 10.8. The first kappa shape index (κ1) is 26.0. The summed E-state index contributed by atoms with van der Waals surface area (Å²) in [7, 11) is -8.71. The standard InChI is InChI=1S/C13H28O7S2.Na.H/c1-2-3-4-5-6-7-8-9-10-20-13(11-21(14,15)16)12-22(17,18)19;;/h13H,2-12H2,1H3,(H,14,15,16)(H,17,18,19);;/q;+1;-1. The molecule has 0 spiro atoms. The number of hydrogen-bond acceptors (Lipinski definition) is 5. The molecule has 7 nitrogen and oxygen atoms in total. The zero-order chi connectivity index (χ0) is 17.1. The Morgan fingerprint density at radius 2 is 1.22 bits per heavy atom. The summed E-state index contributed by atoms with van der Waals surface area (Å²) in [5.74, 6) is -1.69. The van der Waals surface area contributed by atoms with Crippen molar-refractivity contribution < 1.29 is 61.7 Å². The Balaban J connectivity index is -0.00000220. The van der Waals surface area contributed by atoms with Crippen molar-refractivity contribution in [3.8, 4) is 0 Å². The van der Waals surface area contributed by atoms with Crippen LogP contribution in [0.2, 0.25) is 0 Å². The van der Waals surface area contributed by atoms with Crippen molar-refractivity contribution in [2.75, 3.05) is 18.1 Å². The molecule has 10 heteroatoms. The van der Waals surface area contributed by atoms with E-state index < -0.39 is 37.8 Å². The molecule has 0 saturated heterocycles. The van der Waals surface area contributed by atoms with E-state index in [-0.39, 0.29) is 37.6 Å². The van der Waals surface area contributed by atoms with Gasteiger partial charge in [0.15, 0.2) is 0 Å². The van der Waals surface area contributed by atoms with Crippen LogP contribution in [0.25, 0.3) is 0 Å². The molecule has 0 bridgehead atoms. The molecule has 0 amide bonds. The van der Waals surface area contributed by atoms with E-state index in [2.05, 4.69) is 6.92 Å². The van der Waals surface area contributed by atoms with Crippen molar-refractivity contribution in [2.45, 2.75) is 64.4 Å². The number of rotatable bonds is 14. The minimum atomic E-state index is -4.36. The van der Waals surface area contributed by atoms with Crippen LogP contribution in [0, 0.1) is 0 Å². The second kappa shape index (κ2) is 14.0. The smallest absolute Gasteiger partial charge is 1.00 e. The van der Waals surface area contributed by atoms with Gasteiger partial charge in [0.2, 0.25) is 0 Å². The van der Waals surface area contributed by atoms with Gasteiger partial charge in [0.25, 0.3) is 20.2 Å². The quantitative estimate of drug-likeness (QED) is 0.233. The summed E-state index contributed by atoms with van der Waals surface area (Å²) < 4.78 is 65.8. The van der Waals surface area contributed by atoms with E-state index in [1.165, 1.54) is 25.7 Å². The minimum absolute atomic E-state index is 0. The third-order valence-electron chi connectivity index (χ3n) is 3.14.